The number of hydrogen-bond donors (Lipinski definition) is 2. The van der Waals surface area contributed by atoms with Gasteiger partial charge in [-0.15, -0.1) is 5.10 Å². The molecule has 3 N–H and O–H groups in total. The minimum Gasteiger partial charge on any atom is -0.323 e. The second-order valence-electron chi connectivity index (χ2n) is 3.70. The van der Waals surface area contributed by atoms with Crippen LogP contribution in [0.5, 0.6) is 0 Å². The summed E-state index contributed by atoms with van der Waals surface area (Å²) in [7, 11) is 0. The van der Waals surface area contributed by atoms with E-state index in [4.69, 9.17) is 17.3 Å². The maximum Gasteiger partial charge on any atom is 0.241 e. The zero-order valence-electron chi connectivity index (χ0n) is 9.54. The van der Waals surface area contributed by atoms with Crippen molar-refractivity contribution in [2.45, 2.75) is 13.0 Å². The summed E-state index contributed by atoms with van der Waals surface area (Å²) in [5.41, 5.74) is 6.62. The molecule has 1 heterocycles. The molecule has 2 aromatic rings. The smallest absolute Gasteiger partial charge is 0.241 e. The summed E-state index contributed by atoms with van der Waals surface area (Å²) >= 11 is 5.99. The van der Waals surface area contributed by atoms with Gasteiger partial charge in [-0.25, -0.2) is 4.68 Å². The van der Waals surface area contributed by atoms with Gasteiger partial charge < -0.3 is 11.1 Å². The molecular weight excluding hydrogens is 256 g/mol. The lowest BCUT2D eigenvalue weighted by molar-refractivity contribution is -0.117. The number of carbonyl (C=O) groups is 1. The molecule has 0 saturated carbocycles. The summed E-state index contributed by atoms with van der Waals surface area (Å²) in [6, 6.07) is 4.44. The first-order valence-corrected chi connectivity index (χ1v) is 5.55. The molecule has 1 unspecified atom stereocenters. The van der Waals surface area contributed by atoms with Crippen molar-refractivity contribution in [2.24, 2.45) is 5.73 Å². The zero-order chi connectivity index (χ0) is 13.1. The van der Waals surface area contributed by atoms with Crippen LogP contribution in [0.3, 0.4) is 0 Å². The van der Waals surface area contributed by atoms with E-state index in [0.717, 1.165) is 0 Å². The molecule has 0 fully saturated rings. The van der Waals surface area contributed by atoms with Crippen molar-refractivity contribution in [1.82, 2.24) is 20.2 Å². The fourth-order valence-corrected chi connectivity index (χ4v) is 1.44. The summed E-state index contributed by atoms with van der Waals surface area (Å²) in [5, 5.41) is 13.9. The summed E-state index contributed by atoms with van der Waals surface area (Å²) in [6.45, 7) is 1.59. The second-order valence-corrected chi connectivity index (χ2v) is 4.10. The molecule has 1 aromatic heterocycles. The first-order valence-electron chi connectivity index (χ1n) is 5.17. The van der Waals surface area contributed by atoms with Crippen molar-refractivity contribution in [2.75, 3.05) is 5.32 Å². The van der Waals surface area contributed by atoms with Crippen molar-refractivity contribution in [3.63, 3.8) is 0 Å². The van der Waals surface area contributed by atoms with Crippen LogP contribution >= 0.6 is 11.6 Å². The Morgan fingerprint density at radius 1 is 1.56 bits per heavy atom. The van der Waals surface area contributed by atoms with E-state index in [-0.39, 0.29) is 5.91 Å². The highest BCUT2D eigenvalue weighted by Crippen LogP contribution is 2.24. The third-order valence-corrected chi connectivity index (χ3v) is 2.56. The molecule has 1 amide bonds. The topological polar surface area (TPSA) is 98.7 Å². The Labute approximate surface area is 108 Å². The van der Waals surface area contributed by atoms with Crippen molar-refractivity contribution in [1.29, 1.82) is 0 Å². The zero-order valence-corrected chi connectivity index (χ0v) is 10.3. The van der Waals surface area contributed by atoms with Crippen LogP contribution in [0.25, 0.3) is 5.69 Å². The number of nitrogens with two attached hydrogens (primary N) is 1. The lowest BCUT2D eigenvalue weighted by atomic mass is 10.2. The van der Waals surface area contributed by atoms with Gasteiger partial charge in [0.25, 0.3) is 0 Å². The van der Waals surface area contributed by atoms with E-state index in [1.165, 1.54) is 11.0 Å². The molecule has 8 heteroatoms. The van der Waals surface area contributed by atoms with Crippen LogP contribution in [0, 0.1) is 0 Å². The Kier molecular flexibility index (Phi) is 3.54. The van der Waals surface area contributed by atoms with Crippen LogP contribution in [-0.2, 0) is 4.79 Å². The highest BCUT2D eigenvalue weighted by atomic mass is 35.5. The van der Waals surface area contributed by atoms with Gasteiger partial charge in [0.15, 0.2) is 0 Å². The Hall–Kier alpha value is -1.99. The molecule has 0 aliphatic rings. The third-order valence-electron chi connectivity index (χ3n) is 2.23. The highest BCUT2D eigenvalue weighted by Gasteiger charge is 2.11. The number of amides is 1. The highest BCUT2D eigenvalue weighted by molar-refractivity contribution is 6.33. The van der Waals surface area contributed by atoms with E-state index >= 15 is 0 Å². The average Bonchev–Trinajstić information content (AvgIpc) is 2.85. The molecule has 18 heavy (non-hydrogen) atoms. The van der Waals surface area contributed by atoms with E-state index in [2.05, 4.69) is 20.8 Å². The lowest BCUT2D eigenvalue weighted by Gasteiger charge is -2.10. The first-order chi connectivity index (χ1) is 8.58. The van der Waals surface area contributed by atoms with Crippen molar-refractivity contribution < 1.29 is 4.79 Å². The lowest BCUT2D eigenvalue weighted by Crippen LogP contribution is -2.32. The molecular formula is C10H11ClN6O. The molecule has 94 valence electrons. The van der Waals surface area contributed by atoms with Crippen LogP contribution in [0.15, 0.2) is 24.5 Å². The largest absolute Gasteiger partial charge is 0.323 e. The van der Waals surface area contributed by atoms with Gasteiger partial charge in [-0.1, -0.05) is 11.6 Å². The number of aromatic nitrogens is 4. The molecule has 0 bridgehead atoms. The van der Waals surface area contributed by atoms with Gasteiger partial charge in [-0.2, -0.15) is 0 Å². The number of tetrazole rings is 1. The molecule has 0 aliphatic carbocycles. The minimum absolute atomic E-state index is 0.314. The minimum atomic E-state index is -0.613. The van der Waals surface area contributed by atoms with E-state index < -0.39 is 6.04 Å². The summed E-state index contributed by atoms with van der Waals surface area (Å²) in [6.07, 6.45) is 1.44. The number of anilines is 1. The molecule has 0 radical (unpaired) electrons. The predicted molar refractivity (Wildman–Crippen MR) is 66.4 cm³/mol. The Bertz CT molecular complexity index is 554. The average molecular weight is 267 g/mol. The normalized spacial score (nSPS) is 12.2. The summed E-state index contributed by atoms with van der Waals surface area (Å²) < 4.78 is 1.46. The standard InChI is InChI=1S/C10H11ClN6O/c1-6(12)10(18)14-9-4-7(2-3-8(9)11)17-5-13-15-16-17/h2-6H,12H2,1H3,(H,14,18). The number of nitrogens with zero attached hydrogens (tertiary/aromatic N) is 4. The number of halogens is 1. The Morgan fingerprint density at radius 3 is 2.94 bits per heavy atom. The molecule has 0 spiro atoms. The molecule has 1 aromatic carbocycles. The van der Waals surface area contributed by atoms with Crippen molar-refractivity contribution in [3.8, 4) is 5.69 Å². The van der Waals surface area contributed by atoms with Gasteiger partial charge in [0, 0.05) is 0 Å². The third kappa shape index (κ3) is 2.63. The number of hydrogen-bond acceptors (Lipinski definition) is 5. The second kappa shape index (κ2) is 5.11. The summed E-state index contributed by atoms with van der Waals surface area (Å²) in [4.78, 5) is 11.5. The number of nitrogens with one attached hydrogen (secondary N) is 1. The number of rotatable bonds is 3. The van der Waals surface area contributed by atoms with Crippen molar-refractivity contribution >= 4 is 23.2 Å². The molecule has 7 nitrogen and oxygen atoms in total. The van der Waals surface area contributed by atoms with Gasteiger partial charge in [0.1, 0.15) is 6.33 Å². The van der Waals surface area contributed by atoms with E-state index in [1.54, 1.807) is 25.1 Å². The molecule has 0 aliphatic heterocycles. The maximum absolute atomic E-state index is 11.5. The number of benzene rings is 1. The van der Waals surface area contributed by atoms with E-state index in [0.29, 0.717) is 16.4 Å². The molecule has 1 atom stereocenters. The first kappa shape index (κ1) is 12.5. The Balaban J connectivity index is 2.30. The fourth-order valence-electron chi connectivity index (χ4n) is 1.28. The van der Waals surface area contributed by atoms with E-state index in [1.807, 2.05) is 0 Å². The fraction of sp³-hybridized carbons (Fsp3) is 0.200. The van der Waals surface area contributed by atoms with Gasteiger partial charge in [0.05, 0.1) is 22.4 Å². The quantitative estimate of drug-likeness (QED) is 0.848. The van der Waals surface area contributed by atoms with Crippen molar-refractivity contribution in [3.05, 3.63) is 29.5 Å². The molecule has 2 rings (SSSR count). The molecule has 0 saturated heterocycles. The SMILES string of the molecule is CC(N)C(=O)Nc1cc(-n2cnnn2)ccc1Cl. The predicted octanol–water partition coefficient (Wildman–Crippen LogP) is 0.601. The maximum atomic E-state index is 11.5. The van der Waals surface area contributed by atoms with Crippen LogP contribution in [-0.4, -0.2) is 32.2 Å². The van der Waals surface area contributed by atoms with Gasteiger partial charge in [-0.05, 0) is 35.5 Å². The summed E-state index contributed by atoms with van der Waals surface area (Å²) in [5.74, 6) is -0.314. The number of carbonyl (C=O) groups excluding carboxylic acids is 1. The van der Waals surface area contributed by atoms with E-state index in [9.17, 15) is 4.79 Å². The monoisotopic (exact) mass is 266 g/mol. The van der Waals surface area contributed by atoms with Crippen LogP contribution in [0.2, 0.25) is 5.02 Å². The van der Waals surface area contributed by atoms with Gasteiger partial charge in [-0.3, -0.25) is 4.79 Å². The van der Waals surface area contributed by atoms with Gasteiger partial charge >= 0.3 is 0 Å². The van der Waals surface area contributed by atoms with Crippen LogP contribution in [0.1, 0.15) is 6.92 Å². The van der Waals surface area contributed by atoms with Gasteiger partial charge in [0.2, 0.25) is 5.91 Å². The van der Waals surface area contributed by atoms with Crippen LogP contribution < -0.4 is 11.1 Å². The Morgan fingerprint density at radius 2 is 2.33 bits per heavy atom. The van der Waals surface area contributed by atoms with Crippen LogP contribution in [0.4, 0.5) is 5.69 Å².